The van der Waals surface area contributed by atoms with Crippen molar-refractivity contribution < 1.29 is 4.74 Å². The van der Waals surface area contributed by atoms with Gasteiger partial charge in [0.1, 0.15) is 11.5 Å². The molecule has 3 nitrogen and oxygen atoms in total. The van der Waals surface area contributed by atoms with E-state index in [0.717, 1.165) is 5.56 Å². The fraction of sp³-hybridized carbons (Fsp3) is 0.0588. The fourth-order valence-corrected chi connectivity index (χ4v) is 1.77. The van der Waals surface area contributed by atoms with Gasteiger partial charge in [-0.1, -0.05) is 36.4 Å². The number of nitriles is 1. The summed E-state index contributed by atoms with van der Waals surface area (Å²) in [6, 6.07) is 11.7. The maximum Gasteiger partial charge on any atom is 0.269 e. The zero-order chi connectivity index (χ0) is 14.4. The van der Waals surface area contributed by atoms with Crippen LogP contribution in [0.4, 0.5) is 0 Å². The van der Waals surface area contributed by atoms with Gasteiger partial charge in [0, 0.05) is 0 Å². The van der Waals surface area contributed by atoms with Crippen molar-refractivity contribution in [2.45, 2.75) is 6.92 Å². The second-order valence-corrected chi connectivity index (χ2v) is 4.18. The van der Waals surface area contributed by atoms with Crippen LogP contribution in [0.25, 0.3) is 10.9 Å². The van der Waals surface area contributed by atoms with Gasteiger partial charge in [-0.2, -0.15) is 0 Å². The van der Waals surface area contributed by atoms with E-state index < -0.39 is 0 Å². The van der Waals surface area contributed by atoms with Crippen molar-refractivity contribution in [1.29, 1.82) is 5.26 Å². The Kier molecular flexibility index (Phi) is 4.17. The summed E-state index contributed by atoms with van der Waals surface area (Å²) in [5.74, 6) is 1.27. The molecule has 0 aliphatic carbocycles. The summed E-state index contributed by atoms with van der Waals surface area (Å²) in [5, 5.41) is 8.92. The van der Waals surface area contributed by atoms with Gasteiger partial charge in [0.05, 0.1) is 12.6 Å². The second kappa shape index (κ2) is 6.22. The van der Waals surface area contributed by atoms with E-state index in [4.69, 9.17) is 16.6 Å². The molecule has 96 valence electrons. The first-order valence-corrected chi connectivity index (χ1v) is 6.06. The van der Waals surface area contributed by atoms with Gasteiger partial charge >= 0.3 is 0 Å². The van der Waals surface area contributed by atoms with Crippen LogP contribution in [0.3, 0.4) is 0 Å². The lowest BCUT2D eigenvalue weighted by atomic mass is 10.1. The van der Waals surface area contributed by atoms with Gasteiger partial charge in [0.15, 0.2) is 0 Å². The number of hydrogen-bond acceptors (Lipinski definition) is 2. The minimum atomic E-state index is 0.0678. The Labute approximate surface area is 118 Å². The molecule has 1 aromatic carbocycles. The molecule has 0 saturated heterocycles. The van der Waals surface area contributed by atoms with Crippen molar-refractivity contribution in [2.24, 2.45) is 0 Å². The third-order valence-electron chi connectivity index (χ3n) is 2.67. The molecular formula is C17H12N2O. The minimum Gasteiger partial charge on any atom is -0.462 e. The first-order valence-electron chi connectivity index (χ1n) is 6.06. The van der Waals surface area contributed by atoms with Crippen molar-refractivity contribution in [3.63, 3.8) is 0 Å². The summed E-state index contributed by atoms with van der Waals surface area (Å²) in [5.41, 5.74) is 1.71. The molecule has 2 rings (SSSR count). The fourth-order valence-electron chi connectivity index (χ4n) is 1.77. The van der Waals surface area contributed by atoms with Crippen LogP contribution >= 0.6 is 0 Å². The maximum atomic E-state index is 8.92. The lowest BCUT2D eigenvalue weighted by Gasteiger charge is -2.13. The summed E-state index contributed by atoms with van der Waals surface area (Å²) < 4.78 is 5.57. The third-order valence-corrected chi connectivity index (χ3v) is 2.67. The molecule has 3 heteroatoms. The van der Waals surface area contributed by atoms with Crippen LogP contribution in [0.15, 0.2) is 71.3 Å². The topological polar surface area (TPSA) is 37.4 Å². The SMILES string of the molecule is [C-]#[N+]/C(C#N)=C1\C=C(C)OC(/C=C/c2ccccc2)=C1. The number of ether oxygens (including phenoxy) is 1. The molecule has 0 radical (unpaired) electrons. The number of benzene rings is 1. The van der Waals surface area contributed by atoms with E-state index >= 15 is 0 Å². The van der Waals surface area contributed by atoms with Crippen molar-refractivity contribution in [3.8, 4) is 6.07 Å². The van der Waals surface area contributed by atoms with Crippen LogP contribution < -0.4 is 0 Å². The average Bonchev–Trinajstić information content (AvgIpc) is 2.47. The minimum absolute atomic E-state index is 0.0678. The van der Waals surface area contributed by atoms with Gasteiger partial charge in [-0.25, -0.2) is 10.1 Å². The summed E-state index contributed by atoms with van der Waals surface area (Å²) in [4.78, 5) is 3.22. The third kappa shape index (κ3) is 3.25. The molecule has 0 unspecified atom stereocenters. The van der Waals surface area contributed by atoms with Crippen molar-refractivity contribution in [2.75, 3.05) is 0 Å². The molecule has 0 aromatic heterocycles. The standard InChI is InChI=1S/C17H12N2O/c1-13-10-15(17(12-18)19-2)11-16(20-13)9-8-14-6-4-3-5-7-14/h3-11H,1H3/b9-8+,17-15+. The van der Waals surface area contributed by atoms with E-state index in [1.807, 2.05) is 48.6 Å². The molecule has 0 bridgehead atoms. The molecule has 0 N–H and O–H groups in total. The lowest BCUT2D eigenvalue weighted by Crippen LogP contribution is -1.96. The molecule has 1 aliphatic rings. The Bertz CT molecular complexity index is 692. The molecule has 1 aliphatic heterocycles. The smallest absolute Gasteiger partial charge is 0.269 e. The Morgan fingerprint density at radius 1 is 1.25 bits per heavy atom. The van der Waals surface area contributed by atoms with Gasteiger partial charge in [0.25, 0.3) is 5.70 Å². The molecule has 0 amide bonds. The first-order chi connectivity index (χ1) is 9.72. The largest absolute Gasteiger partial charge is 0.462 e. The predicted molar refractivity (Wildman–Crippen MR) is 77.6 cm³/mol. The zero-order valence-electron chi connectivity index (χ0n) is 11.0. The van der Waals surface area contributed by atoms with Crippen LogP contribution in [0.1, 0.15) is 12.5 Å². The van der Waals surface area contributed by atoms with Crippen molar-refractivity contribution in [3.05, 3.63) is 88.3 Å². The van der Waals surface area contributed by atoms with Crippen molar-refractivity contribution in [1.82, 2.24) is 0 Å². The highest BCUT2D eigenvalue weighted by Crippen LogP contribution is 2.23. The van der Waals surface area contributed by atoms with Crippen LogP contribution in [0, 0.1) is 17.9 Å². The quantitative estimate of drug-likeness (QED) is 0.590. The van der Waals surface area contributed by atoms with E-state index in [2.05, 4.69) is 4.85 Å². The number of nitrogens with zero attached hydrogens (tertiary/aromatic N) is 2. The van der Waals surface area contributed by atoms with Crippen LogP contribution in [-0.4, -0.2) is 0 Å². The van der Waals surface area contributed by atoms with E-state index in [-0.39, 0.29) is 5.70 Å². The summed E-state index contributed by atoms with van der Waals surface area (Å²) >= 11 is 0. The zero-order valence-corrected chi connectivity index (χ0v) is 11.0. The van der Waals surface area contributed by atoms with Crippen molar-refractivity contribution >= 4 is 6.08 Å². The summed E-state index contributed by atoms with van der Waals surface area (Å²) in [6.07, 6.45) is 7.14. The first kappa shape index (κ1) is 13.4. The van der Waals surface area contributed by atoms with Gasteiger partial charge in [-0.3, -0.25) is 0 Å². The number of allylic oxidation sites excluding steroid dienone is 6. The summed E-state index contributed by atoms with van der Waals surface area (Å²) in [7, 11) is 0. The highest BCUT2D eigenvalue weighted by molar-refractivity contribution is 5.55. The predicted octanol–water partition coefficient (Wildman–Crippen LogP) is 4.21. The second-order valence-electron chi connectivity index (χ2n) is 4.18. The highest BCUT2D eigenvalue weighted by Gasteiger charge is 2.10. The van der Waals surface area contributed by atoms with E-state index in [1.54, 1.807) is 19.1 Å². The molecular weight excluding hydrogens is 248 g/mol. The molecule has 0 spiro atoms. The monoisotopic (exact) mass is 260 g/mol. The maximum absolute atomic E-state index is 8.92. The summed E-state index contributed by atoms with van der Waals surface area (Å²) in [6.45, 7) is 8.79. The lowest BCUT2D eigenvalue weighted by molar-refractivity contribution is 0.318. The van der Waals surface area contributed by atoms with Crippen LogP contribution in [0.5, 0.6) is 0 Å². The Morgan fingerprint density at radius 3 is 2.65 bits per heavy atom. The molecule has 20 heavy (non-hydrogen) atoms. The van der Waals surface area contributed by atoms with E-state index in [9.17, 15) is 0 Å². The Balaban J connectivity index is 2.30. The van der Waals surface area contributed by atoms with Gasteiger partial charge in [-0.05, 0) is 36.3 Å². The molecule has 1 aromatic rings. The normalized spacial score (nSPS) is 16.6. The van der Waals surface area contributed by atoms with E-state index in [0.29, 0.717) is 17.1 Å². The average molecular weight is 260 g/mol. The van der Waals surface area contributed by atoms with E-state index in [1.165, 1.54) is 0 Å². The Morgan fingerprint density at radius 2 is 2.00 bits per heavy atom. The highest BCUT2D eigenvalue weighted by atomic mass is 16.5. The van der Waals surface area contributed by atoms with Gasteiger partial charge in [-0.15, -0.1) is 0 Å². The van der Waals surface area contributed by atoms with Crippen LogP contribution in [-0.2, 0) is 4.74 Å². The van der Waals surface area contributed by atoms with Gasteiger partial charge < -0.3 is 4.74 Å². The van der Waals surface area contributed by atoms with Crippen LogP contribution in [0.2, 0.25) is 0 Å². The number of rotatable bonds is 2. The molecule has 0 saturated carbocycles. The molecule has 0 fully saturated rings. The Hall–Kier alpha value is -3.04. The van der Waals surface area contributed by atoms with Gasteiger partial charge in [0.2, 0.25) is 0 Å². The molecule has 1 heterocycles. The molecule has 0 atom stereocenters. The number of hydrogen-bond donors (Lipinski definition) is 0.